The van der Waals surface area contributed by atoms with Crippen LogP contribution in [0.3, 0.4) is 0 Å². The number of hydrogen-bond donors (Lipinski definition) is 2. The molecule has 0 bridgehead atoms. The first-order valence-corrected chi connectivity index (χ1v) is 13.6. The van der Waals surface area contributed by atoms with E-state index in [-0.39, 0.29) is 5.91 Å². The standard InChI is InChI=1S/C30H22Cl2N4O2S/c31-24-13-15-25(16-14-24)34-30-35-27(19-39-30)20-9-11-21(12-10-20)29(37)36-33-17-22-5-2-4-8-28(22)38-18-23-6-1-3-7-26(23)32/h1-17,19H,18H2,(H,34,35)(H,36,37)/b33-17-. The summed E-state index contributed by atoms with van der Waals surface area (Å²) < 4.78 is 5.94. The number of ether oxygens (including phenoxy) is 1. The first-order valence-electron chi connectivity index (χ1n) is 11.9. The normalized spacial score (nSPS) is 10.9. The minimum absolute atomic E-state index is 0.320. The molecule has 0 atom stereocenters. The van der Waals surface area contributed by atoms with E-state index in [0.29, 0.717) is 28.0 Å². The van der Waals surface area contributed by atoms with Gasteiger partial charge in [0, 0.05) is 43.4 Å². The van der Waals surface area contributed by atoms with E-state index in [9.17, 15) is 4.79 Å². The zero-order valence-electron chi connectivity index (χ0n) is 20.5. The van der Waals surface area contributed by atoms with Crippen LogP contribution in [0.1, 0.15) is 21.5 Å². The Labute approximate surface area is 239 Å². The summed E-state index contributed by atoms with van der Waals surface area (Å²) in [4.78, 5) is 17.3. The molecule has 0 saturated carbocycles. The molecule has 0 fully saturated rings. The predicted molar refractivity (Wildman–Crippen MR) is 160 cm³/mol. The molecule has 0 aliphatic carbocycles. The molecule has 9 heteroatoms. The molecule has 4 aromatic carbocycles. The second kappa shape index (κ2) is 12.6. The number of thiazole rings is 1. The lowest BCUT2D eigenvalue weighted by atomic mass is 10.1. The average molecular weight is 574 g/mol. The van der Waals surface area contributed by atoms with Crippen LogP contribution in [-0.4, -0.2) is 17.1 Å². The van der Waals surface area contributed by atoms with E-state index < -0.39 is 0 Å². The van der Waals surface area contributed by atoms with Crippen molar-refractivity contribution >= 4 is 57.5 Å². The third kappa shape index (κ3) is 7.03. The first kappa shape index (κ1) is 26.4. The number of carbonyl (C=O) groups is 1. The highest BCUT2D eigenvalue weighted by Crippen LogP contribution is 2.28. The van der Waals surface area contributed by atoms with Crippen LogP contribution in [0.15, 0.2) is 108 Å². The Kier molecular flexibility index (Phi) is 8.53. The summed E-state index contributed by atoms with van der Waals surface area (Å²) in [6.45, 7) is 0.320. The Morgan fingerprint density at radius 3 is 2.46 bits per heavy atom. The molecule has 6 nitrogen and oxygen atoms in total. The molecular weight excluding hydrogens is 551 g/mol. The topological polar surface area (TPSA) is 75.6 Å². The van der Waals surface area contributed by atoms with E-state index >= 15 is 0 Å². The molecule has 0 saturated heterocycles. The molecule has 194 valence electrons. The summed E-state index contributed by atoms with van der Waals surface area (Å²) in [5, 5.41) is 11.4. The van der Waals surface area contributed by atoms with Crippen molar-refractivity contribution < 1.29 is 9.53 Å². The van der Waals surface area contributed by atoms with Gasteiger partial charge in [-0.15, -0.1) is 11.3 Å². The highest BCUT2D eigenvalue weighted by atomic mass is 35.5. The average Bonchev–Trinajstić information content (AvgIpc) is 3.43. The Bertz CT molecular complexity index is 1600. The number of aromatic nitrogens is 1. The minimum atomic E-state index is -0.323. The molecule has 1 aromatic heterocycles. The Morgan fingerprint density at radius 1 is 0.923 bits per heavy atom. The van der Waals surface area contributed by atoms with Gasteiger partial charge in [-0.25, -0.2) is 10.4 Å². The number of halogens is 2. The largest absolute Gasteiger partial charge is 0.488 e. The number of nitrogens with one attached hydrogen (secondary N) is 2. The van der Waals surface area contributed by atoms with Crippen molar-refractivity contribution in [1.82, 2.24) is 10.4 Å². The molecule has 0 aliphatic heterocycles. The number of para-hydroxylation sites is 1. The van der Waals surface area contributed by atoms with Crippen LogP contribution in [0.4, 0.5) is 10.8 Å². The van der Waals surface area contributed by atoms with Gasteiger partial charge in [0.1, 0.15) is 12.4 Å². The summed E-state index contributed by atoms with van der Waals surface area (Å²) in [6, 6.07) is 29.6. The minimum Gasteiger partial charge on any atom is -0.488 e. The molecule has 1 amide bonds. The van der Waals surface area contributed by atoms with Crippen molar-refractivity contribution in [1.29, 1.82) is 0 Å². The lowest BCUT2D eigenvalue weighted by Crippen LogP contribution is -2.17. The fourth-order valence-corrected chi connectivity index (χ4v) is 4.68. The number of rotatable bonds is 9. The fraction of sp³-hybridized carbons (Fsp3) is 0.0333. The lowest BCUT2D eigenvalue weighted by molar-refractivity contribution is 0.0955. The van der Waals surface area contributed by atoms with E-state index in [4.69, 9.17) is 27.9 Å². The highest BCUT2D eigenvalue weighted by Gasteiger charge is 2.09. The van der Waals surface area contributed by atoms with E-state index in [1.54, 1.807) is 18.3 Å². The van der Waals surface area contributed by atoms with E-state index in [2.05, 4.69) is 20.8 Å². The molecule has 0 unspecified atom stereocenters. The number of benzene rings is 4. The van der Waals surface area contributed by atoms with Gasteiger partial charge in [0.05, 0.1) is 11.9 Å². The van der Waals surface area contributed by atoms with Crippen molar-refractivity contribution in [3.05, 3.63) is 129 Å². The van der Waals surface area contributed by atoms with E-state index in [0.717, 1.165) is 33.2 Å². The maximum Gasteiger partial charge on any atom is 0.271 e. The predicted octanol–water partition coefficient (Wildman–Crippen LogP) is 8.20. The van der Waals surface area contributed by atoms with Gasteiger partial charge < -0.3 is 10.1 Å². The number of hydrazone groups is 1. The molecule has 0 aliphatic rings. The maximum absolute atomic E-state index is 12.6. The molecule has 5 rings (SSSR count). The quantitative estimate of drug-likeness (QED) is 0.138. The van der Waals surface area contributed by atoms with Crippen LogP contribution in [0.2, 0.25) is 10.0 Å². The maximum atomic E-state index is 12.6. The summed E-state index contributed by atoms with van der Waals surface area (Å²) in [5.41, 5.74) is 7.29. The van der Waals surface area contributed by atoms with Crippen LogP contribution in [0, 0.1) is 0 Å². The Balaban J connectivity index is 1.18. The monoisotopic (exact) mass is 572 g/mol. The van der Waals surface area contributed by atoms with Crippen molar-refractivity contribution in [2.45, 2.75) is 6.61 Å². The van der Waals surface area contributed by atoms with Gasteiger partial charge in [-0.3, -0.25) is 4.79 Å². The number of anilines is 2. The van der Waals surface area contributed by atoms with Gasteiger partial charge in [0.25, 0.3) is 5.91 Å². The molecule has 1 heterocycles. The smallest absolute Gasteiger partial charge is 0.271 e. The third-order valence-corrected chi connectivity index (χ3v) is 7.05. The van der Waals surface area contributed by atoms with Gasteiger partial charge in [-0.05, 0) is 54.6 Å². The lowest BCUT2D eigenvalue weighted by Gasteiger charge is -2.10. The molecule has 0 spiro atoms. The summed E-state index contributed by atoms with van der Waals surface area (Å²) in [6.07, 6.45) is 1.55. The molecule has 0 radical (unpaired) electrons. The second-order valence-corrected chi connectivity index (χ2v) is 10.1. The molecular formula is C30H22Cl2N4O2S. The molecule has 39 heavy (non-hydrogen) atoms. The van der Waals surface area contributed by atoms with Crippen molar-refractivity contribution in [2.24, 2.45) is 5.10 Å². The van der Waals surface area contributed by atoms with Crippen molar-refractivity contribution in [3.63, 3.8) is 0 Å². The van der Waals surface area contributed by atoms with Crippen molar-refractivity contribution in [2.75, 3.05) is 5.32 Å². The summed E-state index contributed by atoms with van der Waals surface area (Å²) >= 11 is 13.7. The third-order valence-electron chi connectivity index (χ3n) is 5.67. The van der Waals surface area contributed by atoms with Gasteiger partial charge in [0.2, 0.25) is 0 Å². The van der Waals surface area contributed by atoms with Gasteiger partial charge in [-0.1, -0.05) is 65.7 Å². The summed E-state index contributed by atoms with van der Waals surface area (Å²) in [5.74, 6) is 0.309. The van der Waals surface area contributed by atoms with Crippen LogP contribution in [-0.2, 0) is 6.61 Å². The van der Waals surface area contributed by atoms with Crippen LogP contribution < -0.4 is 15.5 Å². The number of amides is 1. The zero-order valence-corrected chi connectivity index (χ0v) is 22.8. The van der Waals surface area contributed by atoms with Gasteiger partial charge >= 0.3 is 0 Å². The van der Waals surface area contributed by atoms with Gasteiger partial charge in [0.15, 0.2) is 5.13 Å². The first-order chi connectivity index (χ1) is 19.0. The summed E-state index contributed by atoms with van der Waals surface area (Å²) in [7, 11) is 0. The molecule has 5 aromatic rings. The number of nitrogens with zero attached hydrogens (tertiary/aromatic N) is 2. The fourth-order valence-electron chi connectivity index (χ4n) is 3.63. The Hall–Kier alpha value is -4.17. The van der Waals surface area contributed by atoms with Crippen LogP contribution in [0.25, 0.3) is 11.3 Å². The van der Waals surface area contributed by atoms with Gasteiger partial charge in [-0.2, -0.15) is 5.10 Å². The second-order valence-electron chi connectivity index (χ2n) is 8.36. The molecule has 2 N–H and O–H groups in total. The highest BCUT2D eigenvalue weighted by molar-refractivity contribution is 7.14. The SMILES string of the molecule is O=C(N/N=C\c1ccccc1OCc1ccccc1Cl)c1ccc(-c2csc(Nc3ccc(Cl)cc3)n2)cc1. The number of carbonyl (C=O) groups excluding carboxylic acids is 1. The van der Waals surface area contributed by atoms with E-state index in [1.807, 2.05) is 90.3 Å². The zero-order chi connectivity index (χ0) is 27.0. The number of hydrogen-bond acceptors (Lipinski definition) is 6. The van der Waals surface area contributed by atoms with Crippen molar-refractivity contribution in [3.8, 4) is 17.0 Å². The van der Waals surface area contributed by atoms with Crippen LogP contribution >= 0.6 is 34.5 Å². The van der Waals surface area contributed by atoms with E-state index in [1.165, 1.54) is 11.3 Å². The van der Waals surface area contributed by atoms with Crippen LogP contribution in [0.5, 0.6) is 5.75 Å². The Morgan fingerprint density at radius 2 is 1.67 bits per heavy atom.